The van der Waals surface area contributed by atoms with E-state index in [1.807, 2.05) is 72.8 Å². The van der Waals surface area contributed by atoms with E-state index < -0.39 is 0 Å². The van der Waals surface area contributed by atoms with Crippen LogP contribution in [0.15, 0.2) is 146 Å². The van der Waals surface area contributed by atoms with E-state index >= 15 is 0 Å². The van der Waals surface area contributed by atoms with Gasteiger partial charge in [0.15, 0.2) is 0 Å². The van der Waals surface area contributed by atoms with Crippen LogP contribution in [-0.4, -0.2) is 19.6 Å². The molecule has 8 rings (SSSR count). The normalized spacial score (nSPS) is 11.6. The molecule has 0 bridgehead atoms. The van der Waals surface area contributed by atoms with Gasteiger partial charge in [-0.3, -0.25) is 9.55 Å². The van der Waals surface area contributed by atoms with Crippen molar-refractivity contribution in [2.24, 2.45) is 0 Å². The fourth-order valence-electron chi connectivity index (χ4n) is 7.34. The second kappa shape index (κ2) is 15.5. The topological polar surface area (TPSA) is 74.7 Å². The second-order valence-electron chi connectivity index (χ2n) is 16.4. The minimum absolute atomic E-state index is 0. The molecule has 1 N–H and O–H groups in total. The van der Waals surface area contributed by atoms with E-state index in [0.717, 1.165) is 66.8 Å². The number of benzene rings is 6. The van der Waals surface area contributed by atoms with E-state index in [9.17, 15) is 10.4 Å². The number of hydrogen-bond donors (Lipinski definition) is 1. The van der Waals surface area contributed by atoms with Crippen LogP contribution in [-0.2, 0) is 31.9 Å². The summed E-state index contributed by atoms with van der Waals surface area (Å²) in [5.74, 6) is 0.897. The summed E-state index contributed by atoms with van der Waals surface area (Å²) in [6.07, 6.45) is 1.65. The Morgan fingerprint density at radius 2 is 1.26 bits per heavy atom. The zero-order valence-electron chi connectivity index (χ0n) is 32.9. The van der Waals surface area contributed by atoms with Gasteiger partial charge in [0.2, 0.25) is 0 Å². The molecule has 0 aliphatic rings. The van der Waals surface area contributed by atoms with Crippen molar-refractivity contribution in [1.82, 2.24) is 14.5 Å². The first-order chi connectivity index (χ1) is 26.9. The smallest absolute Gasteiger partial charge is 0.148 e. The first-order valence-corrected chi connectivity index (χ1v) is 18.9. The van der Waals surface area contributed by atoms with Crippen LogP contribution < -0.4 is 0 Å². The van der Waals surface area contributed by atoms with Crippen LogP contribution in [0.3, 0.4) is 0 Å². The van der Waals surface area contributed by atoms with Gasteiger partial charge in [0.1, 0.15) is 17.6 Å². The van der Waals surface area contributed by atoms with Crippen molar-refractivity contribution < 1.29 is 26.2 Å². The molecule has 0 saturated carbocycles. The van der Waals surface area contributed by atoms with Crippen LogP contribution in [0.1, 0.15) is 58.2 Å². The van der Waals surface area contributed by atoms with E-state index in [0.29, 0.717) is 22.6 Å². The molecule has 57 heavy (non-hydrogen) atoms. The standard InChI is InChI=1S/C51H43N4O.Pt/c1-50(2,3)39-28-43(48(56)44(29-39)51(4,5)6)49-54-47-41(23-16-24-46(47)55(49)40-21-14-9-15-22-40)36-25-35(33-17-10-7-11-18-33)26-37(27-36)45-30-42(38(31-52)32-53-45)34-19-12-8-13-20-34;/h7-26,28-30,32,56H,1-6H3;/q-1;. The van der Waals surface area contributed by atoms with Crippen LogP contribution in [0, 0.1) is 17.4 Å². The SMILES string of the molecule is CC(C)(C)c1cc(-c2nc3c(-c4[c-]c(-c5cc(-c6ccccc6)c(C#N)cn5)cc(-c5ccccc5)c4)cccc3n2-c2ccccc2)c(O)c(C(C)(C)C)c1.[Pt]. The van der Waals surface area contributed by atoms with Gasteiger partial charge in [-0.1, -0.05) is 161 Å². The second-order valence-corrected chi connectivity index (χ2v) is 16.4. The van der Waals surface area contributed by atoms with Gasteiger partial charge in [-0.05, 0) is 57.3 Å². The fourth-order valence-corrected chi connectivity index (χ4v) is 7.34. The van der Waals surface area contributed by atoms with E-state index in [4.69, 9.17) is 9.97 Å². The molecule has 0 atom stereocenters. The summed E-state index contributed by atoms with van der Waals surface area (Å²) >= 11 is 0. The summed E-state index contributed by atoms with van der Waals surface area (Å²) in [5.41, 5.74) is 12.5. The van der Waals surface area contributed by atoms with Gasteiger partial charge in [0, 0.05) is 44.2 Å². The number of pyridine rings is 1. The van der Waals surface area contributed by atoms with Crippen molar-refractivity contribution in [2.45, 2.75) is 52.4 Å². The largest absolute Gasteiger partial charge is 0.507 e. The number of phenols is 1. The zero-order chi connectivity index (χ0) is 39.2. The Balaban J connectivity index is 0.00000496. The molecule has 0 spiro atoms. The molecular weight excluding hydrogens is 880 g/mol. The van der Waals surface area contributed by atoms with Gasteiger partial charge in [-0.15, -0.1) is 23.8 Å². The third-order valence-corrected chi connectivity index (χ3v) is 10.4. The van der Waals surface area contributed by atoms with E-state index in [-0.39, 0.29) is 37.6 Å². The van der Waals surface area contributed by atoms with Gasteiger partial charge in [0.25, 0.3) is 0 Å². The first kappa shape index (κ1) is 39.2. The van der Waals surface area contributed by atoms with Crippen molar-refractivity contribution in [3.05, 3.63) is 168 Å². The van der Waals surface area contributed by atoms with Crippen LogP contribution in [0.5, 0.6) is 5.75 Å². The summed E-state index contributed by atoms with van der Waals surface area (Å²) in [6.45, 7) is 13.0. The maximum absolute atomic E-state index is 12.1. The number of imidazole rings is 1. The van der Waals surface area contributed by atoms with Crippen molar-refractivity contribution in [3.63, 3.8) is 0 Å². The molecule has 0 aliphatic heterocycles. The predicted molar refractivity (Wildman–Crippen MR) is 229 cm³/mol. The molecule has 0 unspecified atom stereocenters. The van der Waals surface area contributed by atoms with Gasteiger partial charge in [-0.25, -0.2) is 4.98 Å². The molecule has 5 nitrogen and oxygen atoms in total. The third-order valence-electron chi connectivity index (χ3n) is 10.4. The van der Waals surface area contributed by atoms with Crippen molar-refractivity contribution in [1.29, 1.82) is 5.26 Å². The Morgan fingerprint density at radius 1 is 0.632 bits per heavy atom. The third kappa shape index (κ3) is 7.59. The Morgan fingerprint density at radius 3 is 1.89 bits per heavy atom. The number of rotatable bonds is 6. The van der Waals surface area contributed by atoms with Gasteiger partial charge in [-0.2, -0.15) is 5.26 Å². The Labute approximate surface area is 349 Å². The number of phenolic OH excluding ortho intramolecular Hbond substituents is 1. The maximum Gasteiger partial charge on any atom is 0.148 e. The molecule has 0 amide bonds. The van der Waals surface area contributed by atoms with Crippen LogP contribution in [0.4, 0.5) is 0 Å². The number of nitriles is 1. The van der Waals surface area contributed by atoms with Gasteiger partial charge in [0.05, 0.1) is 22.2 Å². The minimum Gasteiger partial charge on any atom is -0.507 e. The molecule has 0 aliphatic carbocycles. The van der Waals surface area contributed by atoms with Crippen LogP contribution in [0.25, 0.3) is 72.7 Å². The minimum atomic E-state index is -0.308. The van der Waals surface area contributed by atoms with Crippen LogP contribution >= 0.6 is 0 Å². The van der Waals surface area contributed by atoms with E-state index in [1.165, 1.54) is 0 Å². The molecule has 284 valence electrons. The molecule has 0 radical (unpaired) electrons. The first-order valence-electron chi connectivity index (χ1n) is 18.9. The average molecular weight is 923 g/mol. The van der Waals surface area contributed by atoms with Crippen molar-refractivity contribution in [2.75, 3.05) is 0 Å². The number of nitrogens with zero attached hydrogens (tertiary/aromatic N) is 4. The number of hydrogen-bond acceptors (Lipinski definition) is 4. The molecule has 6 heteroatoms. The quantitative estimate of drug-likeness (QED) is 0.169. The Hall–Kier alpha value is -6.08. The summed E-state index contributed by atoms with van der Waals surface area (Å²) in [5, 5.41) is 22.2. The zero-order valence-corrected chi connectivity index (χ0v) is 35.2. The number of aromatic hydroxyl groups is 1. The summed E-state index contributed by atoms with van der Waals surface area (Å²) in [6, 6.07) is 53.3. The summed E-state index contributed by atoms with van der Waals surface area (Å²) in [4.78, 5) is 10.3. The molecular formula is C51H43N4OPt-. The molecule has 2 heterocycles. The molecule has 8 aromatic rings. The molecule has 0 fully saturated rings. The van der Waals surface area contributed by atoms with Gasteiger partial charge >= 0.3 is 0 Å². The van der Waals surface area contributed by atoms with Crippen molar-refractivity contribution >= 4 is 11.0 Å². The van der Waals surface area contributed by atoms with Gasteiger partial charge < -0.3 is 5.11 Å². The maximum atomic E-state index is 12.1. The molecule has 0 saturated heterocycles. The average Bonchev–Trinajstić information content (AvgIpc) is 3.60. The fraction of sp³-hybridized carbons (Fsp3) is 0.157. The summed E-state index contributed by atoms with van der Waals surface area (Å²) < 4.78 is 2.16. The number of para-hydroxylation sites is 2. The van der Waals surface area contributed by atoms with Crippen LogP contribution in [0.2, 0.25) is 0 Å². The Kier molecular flexibility index (Phi) is 10.6. The van der Waals surface area contributed by atoms with E-state index in [2.05, 4.69) is 125 Å². The molecule has 6 aromatic carbocycles. The molecule has 2 aromatic heterocycles. The monoisotopic (exact) mass is 922 g/mol. The number of fused-ring (bicyclic) bond motifs is 1. The summed E-state index contributed by atoms with van der Waals surface area (Å²) in [7, 11) is 0. The van der Waals surface area contributed by atoms with Crippen molar-refractivity contribution in [3.8, 4) is 73.5 Å². The Bertz CT molecular complexity index is 2770. The number of aromatic nitrogens is 3. The van der Waals surface area contributed by atoms with E-state index in [1.54, 1.807) is 6.20 Å². The predicted octanol–water partition coefficient (Wildman–Crippen LogP) is 12.7.